The third-order valence-electron chi connectivity index (χ3n) is 3.92. The quantitative estimate of drug-likeness (QED) is 0.772. The zero-order valence-electron chi connectivity index (χ0n) is 12.0. The summed E-state index contributed by atoms with van der Waals surface area (Å²) in [4.78, 5) is 0. The largest absolute Gasteiger partial charge is 0.492 e. The molecular weight excluding hydrogens is 308 g/mol. The van der Waals surface area contributed by atoms with Crippen molar-refractivity contribution in [2.45, 2.75) is 32.1 Å². The molecule has 0 radical (unpaired) electrons. The molecule has 6 heteroatoms. The maximum atomic E-state index is 6.32. The van der Waals surface area contributed by atoms with Gasteiger partial charge in [0.2, 0.25) is 0 Å². The first kappa shape index (κ1) is 14.9. The summed E-state index contributed by atoms with van der Waals surface area (Å²) in [6.07, 6.45) is 8.42. The van der Waals surface area contributed by atoms with Gasteiger partial charge >= 0.3 is 0 Å². The second kappa shape index (κ2) is 6.79. The lowest BCUT2D eigenvalue weighted by molar-refractivity contribution is 0.209. The highest BCUT2D eigenvalue weighted by Crippen LogP contribution is 2.35. The number of rotatable bonds is 5. The Kier molecular flexibility index (Phi) is 4.80. The van der Waals surface area contributed by atoms with E-state index < -0.39 is 0 Å². The number of benzene rings is 1. The summed E-state index contributed by atoms with van der Waals surface area (Å²) < 4.78 is 14.3. The van der Waals surface area contributed by atoms with Crippen LogP contribution >= 0.6 is 23.5 Å². The number of ether oxygens (including phenoxy) is 1. The summed E-state index contributed by atoms with van der Waals surface area (Å²) in [5.41, 5.74) is 0.689. The molecule has 4 nitrogen and oxygen atoms in total. The smallest absolute Gasteiger partial charge is 0.187 e. The molecule has 0 spiro atoms. The predicted octanol–water partition coefficient (Wildman–Crippen LogP) is 5.13. The van der Waals surface area contributed by atoms with Gasteiger partial charge in [0, 0.05) is 12.3 Å². The second-order valence-electron chi connectivity index (χ2n) is 5.43. The first-order valence-corrected chi connectivity index (χ1v) is 8.89. The number of nitrogens with one attached hydrogen (secondary N) is 1. The number of nitrogens with zero attached hydrogens (tertiary/aromatic N) is 1. The van der Waals surface area contributed by atoms with Crippen molar-refractivity contribution in [2.24, 2.45) is 5.92 Å². The maximum Gasteiger partial charge on any atom is 0.187 e. The normalized spacial score (nSPS) is 16.3. The van der Waals surface area contributed by atoms with Crippen molar-refractivity contribution in [2.75, 3.05) is 17.6 Å². The van der Waals surface area contributed by atoms with E-state index in [0.29, 0.717) is 28.1 Å². The molecule has 1 aromatic heterocycles. The lowest BCUT2D eigenvalue weighted by atomic mass is 9.90. The minimum absolute atomic E-state index is 0.602. The van der Waals surface area contributed by atoms with Crippen molar-refractivity contribution in [3.05, 3.63) is 17.2 Å². The molecule has 0 atom stereocenters. The molecule has 1 heterocycles. The number of hydrogen-bond acceptors (Lipinski definition) is 5. The molecule has 0 aliphatic heterocycles. The highest BCUT2D eigenvalue weighted by molar-refractivity contribution is 7.99. The van der Waals surface area contributed by atoms with Crippen molar-refractivity contribution in [3.63, 3.8) is 0 Å². The van der Waals surface area contributed by atoms with Crippen molar-refractivity contribution in [1.82, 2.24) is 5.16 Å². The van der Waals surface area contributed by atoms with Crippen LogP contribution in [0.4, 0.5) is 5.82 Å². The maximum absolute atomic E-state index is 6.32. The van der Waals surface area contributed by atoms with E-state index in [4.69, 9.17) is 20.9 Å². The van der Waals surface area contributed by atoms with Crippen LogP contribution in [0.25, 0.3) is 11.0 Å². The van der Waals surface area contributed by atoms with Crippen LogP contribution in [0.5, 0.6) is 5.75 Å². The fourth-order valence-electron chi connectivity index (χ4n) is 2.78. The molecule has 1 saturated carbocycles. The molecular formula is C15H19ClN2O2S. The van der Waals surface area contributed by atoms with Crippen molar-refractivity contribution in [3.8, 4) is 5.75 Å². The van der Waals surface area contributed by atoms with E-state index in [1.54, 1.807) is 0 Å². The summed E-state index contributed by atoms with van der Waals surface area (Å²) in [7, 11) is 0. The Balaban J connectivity index is 1.74. The van der Waals surface area contributed by atoms with Crippen LogP contribution in [0.2, 0.25) is 5.02 Å². The van der Waals surface area contributed by atoms with Crippen molar-refractivity contribution < 1.29 is 9.26 Å². The molecule has 1 fully saturated rings. The summed E-state index contributed by atoms with van der Waals surface area (Å²) >= 11 is 7.79. The summed E-state index contributed by atoms with van der Waals surface area (Å²) in [5, 5.41) is 5.47. The van der Waals surface area contributed by atoms with Crippen LogP contribution in [0.3, 0.4) is 0 Å². The van der Waals surface area contributed by atoms with E-state index in [2.05, 4.69) is 9.88 Å². The number of anilines is 1. The molecule has 0 bridgehead atoms. The topological polar surface area (TPSA) is 47.3 Å². The van der Waals surface area contributed by atoms with Gasteiger partial charge < -0.3 is 14.0 Å². The molecule has 0 saturated heterocycles. The molecule has 3 rings (SSSR count). The van der Waals surface area contributed by atoms with Gasteiger partial charge in [-0.1, -0.05) is 48.0 Å². The Morgan fingerprint density at radius 2 is 2.19 bits per heavy atom. The van der Waals surface area contributed by atoms with Gasteiger partial charge in [-0.3, -0.25) is 0 Å². The third kappa shape index (κ3) is 3.40. The third-order valence-corrected chi connectivity index (χ3v) is 4.62. The summed E-state index contributed by atoms with van der Waals surface area (Å²) in [5.74, 6) is 2.02. The highest BCUT2D eigenvalue weighted by atomic mass is 35.5. The van der Waals surface area contributed by atoms with E-state index in [1.165, 1.54) is 44.1 Å². The van der Waals surface area contributed by atoms with E-state index in [0.717, 1.165) is 12.0 Å². The van der Waals surface area contributed by atoms with Gasteiger partial charge in [-0.2, -0.15) is 0 Å². The Labute approximate surface area is 133 Å². The number of hydrogen-bond donors (Lipinski definition) is 1. The summed E-state index contributed by atoms with van der Waals surface area (Å²) in [6, 6.07) is 3.68. The average Bonchev–Trinajstić information content (AvgIpc) is 2.88. The molecule has 1 aliphatic carbocycles. The van der Waals surface area contributed by atoms with E-state index in [1.807, 2.05) is 18.4 Å². The Morgan fingerprint density at radius 1 is 1.38 bits per heavy atom. The zero-order chi connectivity index (χ0) is 14.7. The molecule has 1 aliphatic rings. The minimum atomic E-state index is 0.602. The van der Waals surface area contributed by atoms with Crippen LogP contribution in [0, 0.1) is 5.92 Å². The molecule has 1 aromatic carbocycles. The van der Waals surface area contributed by atoms with E-state index >= 15 is 0 Å². The van der Waals surface area contributed by atoms with Gasteiger partial charge in [0.05, 0.1) is 17.0 Å². The Morgan fingerprint density at radius 3 is 2.95 bits per heavy atom. The van der Waals surface area contributed by atoms with E-state index in [9.17, 15) is 0 Å². The van der Waals surface area contributed by atoms with Crippen LogP contribution in [-0.4, -0.2) is 18.0 Å². The number of aromatic nitrogens is 1. The Bertz CT molecular complexity index is 611. The number of fused-ring (bicyclic) bond motifs is 1. The fourth-order valence-corrected chi connectivity index (χ4v) is 3.34. The molecule has 114 valence electrons. The molecule has 1 N–H and O–H groups in total. The predicted molar refractivity (Wildman–Crippen MR) is 88.2 cm³/mol. The van der Waals surface area contributed by atoms with Crippen molar-refractivity contribution in [1.29, 1.82) is 0 Å². The molecule has 21 heavy (non-hydrogen) atoms. The fraction of sp³-hybridized carbons (Fsp3) is 0.533. The highest BCUT2D eigenvalue weighted by Gasteiger charge is 2.16. The SMILES string of the molecule is CSNc1noc2cc(OCC3CCCCC3)c(Cl)cc12. The van der Waals surface area contributed by atoms with Gasteiger partial charge in [0.1, 0.15) is 5.75 Å². The van der Waals surface area contributed by atoms with Gasteiger partial charge in [0.25, 0.3) is 0 Å². The molecule has 2 aromatic rings. The first-order chi connectivity index (χ1) is 10.3. The van der Waals surface area contributed by atoms with Gasteiger partial charge in [-0.05, 0) is 24.8 Å². The standard InChI is InChI=1S/C15H19ClN2O2S/c1-21-18-15-11-7-12(16)14(8-13(11)20-17-15)19-9-10-5-3-2-4-6-10/h7-8,10H,2-6,9H2,1H3,(H,17,18). The minimum Gasteiger partial charge on any atom is -0.492 e. The zero-order valence-corrected chi connectivity index (χ0v) is 13.6. The lowest BCUT2D eigenvalue weighted by Crippen LogP contribution is -2.15. The molecule has 0 unspecified atom stereocenters. The Hall–Kier alpha value is -1.07. The first-order valence-electron chi connectivity index (χ1n) is 7.28. The van der Waals surface area contributed by atoms with Crippen LogP contribution in [0.1, 0.15) is 32.1 Å². The monoisotopic (exact) mass is 326 g/mol. The molecule has 0 amide bonds. The average molecular weight is 327 g/mol. The van der Waals surface area contributed by atoms with Gasteiger partial charge in [-0.15, -0.1) is 0 Å². The van der Waals surface area contributed by atoms with E-state index in [-0.39, 0.29) is 0 Å². The van der Waals surface area contributed by atoms with Gasteiger partial charge in [-0.25, -0.2) is 0 Å². The second-order valence-corrected chi connectivity index (χ2v) is 6.45. The van der Waals surface area contributed by atoms with Gasteiger partial charge in [0.15, 0.2) is 11.4 Å². The number of halogens is 1. The van der Waals surface area contributed by atoms with Crippen LogP contribution in [0.15, 0.2) is 16.7 Å². The van der Waals surface area contributed by atoms with Crippen molar-refractivity contribution >= 4 is 40.3 Å². The summed E-state index contributed by atoms with van der Waals surface area (Å²) in [6.45, 7) is 0.731. The van der Waals surface area contributed by atoms with Crippen LogP contribution in [-0.2, 0) is 0 Å². The lowest BCUT2D eigenvalue weighted by Gasteiger charge is -2.21. The van der Waals surface area contributed by atoms with Crippen LogP contribution < -0.4 is 9.46 Å².